The number of benzene rings is 3. The summed E-state index contributed by atoms with van der Waals surface area (Å²) in [6.07, 6.45) is 0.798. The van der Waals surface area contributed by atoms with Gasteiger partial charge in [-0.3, -0.25) is 9.69 Å². The number of halogens is 1. The molecule has 1 aliphatic heterocycles. The smallest absolute Gasteiger partial charge is 0.251 e. The van der Waals surface area contributed by atoms with Crippen molar-refractivity contribution in [1.29, 1.82) is 0 Å². The van der Waals surface area contributed by atoms with Crippen LogP contribution in [0.1, 0.15) is 38.7 Å². The van der Waals surface area contributed by atoms with Crippen LogP contribution in [0.25, 0.3) is 0 Å². The lowest BCUT2D eigenvalue weighted by Gasteiger charge is -2.38. The second-order valence-corrected chi connectivity index (χ2v) is 8.31. The molecule has 1 amide bonds. The van der Waals surface area contributed by atoms with E-state index >= 15 is 0 Å². The number of rotatable bonds is 7. The third-order valence-corrected chi connectivity index (χ3v) is 6.21. The van der Waals surface area contributed by atoms with Crippen LogP contribution in [0.2, 0.25) is 0 Å². The number of hydrogen-bond donors (Lipinski definition) is 1. The molecule has 1 heterocycles. The monoisotopic (exact) mass is 448 g/mol. The van der Waals surface area contributed by atoms with Gasteiger partial charge in [-0.05, 0) is 54.8 Å². The van der Waals surface area contributed by atoms with E-state index in [0.717, 1.165) is 29.7 Å². The van der Waals surface area contributed by atoms with Gasteiger partial charge >= 0.3 is 0 Å². The number of carbonyl (C=O) groups excluding carboxylic acids is 1. The largest absolute Gasteiger partial charge is 0.493 e. The van der Waals surface area contributed by atoms with E-state index in [2.05, 4.69) is 10.2 Å². The van der Waals surface area contributed by atoms with Crippen LogP contribution >= 0.6 is 0 Å². The Bertz CT molecular complexity index is 1130. The molecule has 0 aromatic heterocycles. The van der Waals surface area contributed by atoms with E-state index in [9.17, 15) is 9.18 Å². The molecule has 3 aromatic rings. The fourth-order valence-corrected chi connectivity index (χ4v) is 4.35. The van der Waals surface area contributed by atoms with Crippen molar-refractivity contribution >= 4 is 5.91 Å². The molecular formula is C27H29FN2O3. The molecule has 1 aliphatic rings. The summed E-state index contributed by atoms with van der Waals surface area (Å²) in [5.74, 6) is 0.964. The van der Waals surface area contributed by atoms with E-state index in [1.807, 2.05) is 49.4 Å². The molecule has 0 aliphatic carbocycles. The Kier molecular flexibility index (Phi) is 6.94. The molecule has 5 nitrogen and oxygen atoms in total. The number of carbonyl (C=O) groups is 1. The molecule has 6 heteroatoms. The minimum absolute atomic E-state index is 0.131. The lowest BCUT2D eigenvalue weighted by atomic mass is 9.91. The maximum Gasteiger partial charge on any atom is 0.251 e. The number of nitrogens with zero attached hydrogens (tertiary/aromatic N) is 1. The Morgan fingerprint density at radius 1 is 1.06 bits per heavy atom. The van der Waals surface area contributed by atoms with Gasteiger partial charge in [0.25, 0.3) is 5.91 Å². The SMILES string of the molecule is COc1cc2c(cc1OC)[C@@H](CNC(=O)c1ccc(C)cc1)N(Cc1ccccc1F)CC2. The summed E-state index contributed by atoms with van der Waals surface area (Å²) >= 11 is 0. The van der Waals surface area contributed by atoms with Gasteiger partial charge in [0.05, 0.1) is 20.3 Å². The third-order valence-electron chi connectivity index (χ3n) is 6.21. The zero-order chi connectivity index (χ0) is 23.4. The Labute approximate surface area is 194 Å². The molecule has 4 rings (SSSR count). The van der Waals surface area contributed by atoms with Gasteiger partial charge in [-0.15, -0.1) is 0 Å². The maximum atomic E-state index is 14.4. The Balaban J connectivity index is 1.63. The molecule has 0 saturated heterocycles. The van der Waals surface area contributed by atoms with Crippen molar-refractivity contribution in [3.05, 3.63) is 94.3 Å². The van der Waals surface area contributed by atoms with E-state index in [0.29, 0.717) is 35.7 Å². The molecule has 3 aromatic carbocycles. The highest BCUT2D eigenvalue weighted by Crippen LogP contribution is 2.38. The second-order valence-electron chi connectivity index (χ2n) is 8.31. The van der Waals surface area contributed by atoms with Gasteiger partial charge in [-0.25, -0.2) is 4.39 Å². The van der Waals surface area contributed by atoms with Crippen LogP contribution in [0.3, 0.4) is 0 Å². The average Bonchev–Trinajstić information content (AvgIpc) is 2.84. The quantitative estimate of drug-likeness (QED) is 0.570. The zero-order valence-electron chi connectivity index (χ0n) is 19.2. The topological polar surface area (TPSA) is 50.8 Å². The minimum Gasteiger partial charge on any atom is -0.493 e. The molecule has 0 unspecified atom stereocenters. The van der Waals surface area contributed by atoms with E-state index in [4.69, 9.17) is 9.47 Å². The predicted molar refractivity (Wildman–Crippen MR) is 126 cm³/mol. The normalized spacial score (nSPS) is 15.6. The van der Waals surface area contributed by atoms with Crippen molar-refractivity contribution in [2.24, 2.45) is 0 Å². The van der Waals surface area contributed by atoms with Gasteiger partial charge in [0.2, 0.25) is 0 Å². The summed E-state index contributed by atoms with van der Waals surface area (Å²) in [7, 11) is 3.23. The molecular weight excluding hydrogens is 419 g/mol. The minimum atomic E-state index is -0.224. The maximum absolute atomic E-state index is 14.4. The van der Waals surface area contributed by atoms with Crippen molar-refractivity contribution < 1.29 is 18.7 Å². The number of methoxy groups -OCH3 is 2. The standard InChI is InChI=1S/C27H29FN2O3/c1-18-8-10-19(11-9-18)27(31)29-16-24-22-15-26(33-3)25(32-2)14-20(22)12-13-30(24)17-21-6-4-5-7-23(21)28/h4-11,14-15,24H,12-13,16-17H2,1-3H3,(H,29,31)/t24-/m1/s1. The lowest BCUT2D eigenvalue weighted by molar-refractivity contribution is 0.0925. The van der Waals surface area contributed by atoms with Crippen molar-refractivity contribution in [3.63, 3.8) is 0 Å². The summed E-state index contributed by atoms with van der Waals surface area (Å²) in [4.78, 5) is 15.0. The van der Waals surface area contributed by atoms with Crippen molar-refractivity contribution in [2.75, 3.05) is 27.3 Å². The van der Waals surface area contributed by atoms with Gasteiger partial charge in [-0.2, -0.15) is 0 Å². The molecule has 0 spiro atoms. The fourth-order valence-electron chi connectivity index (χ4n) is 4.35. The van der Waals surface area contributed by atoms with Crippen LogP contribution in [-0.2, 0) is 13.0 Å². The molecule has 172 valence electrons. The highest BCUT2D eigenvalue weighted by molar-refractivity contribution is 5.94. The first-order valence-electron chi connectivity index (χ1n) is 11.1. The lowest BCUT2D eigenvalue weighted by Crippen LogP contribution is -2.42. The van der Waals surface area contributed by atoms with Crippen LogP contribution in [0.4, 0.5) is 4.39 Å². The third kappa shape index (κ3) is 5.01. The number of nitrogens with one attached hydrogen (secondary N) is 1. The molecule has 1 N–H and O–H groups in total. The predicted octanol–water partition coefficient (Wildman–Crippen LogP) is 4.68. The molecule has 0 saturated carbocycles. The first-order chi connectivity index (χ1) is 16.0. The number of amides is 1. The number of hydrogen-bond acceptors (Lipinski definition) is 4. The summed E-state index contributed by atoms with van der Waals surface area (Å²) in [6, 6.07) is 18.2. The van der Waals surface area contributed by atoms with E-state index in [-0.39, 0.29) is 17.8 Å². The van der Waals surface area contributed by atoms with Crippen LogP contribution in [0.5, 0.6) is 11.5 Å². The molecule has 33 heavy (non-hydrogen) atoms. The molecule has 0 radical (unpaired) electrons. The summed E-state index contributed by atoms with van der Waals surface area (Å²) in [6.45, 7) is 3.57. The number of aryl methyl sites for hydroxylation is 1. The second kappa shape index (κ2) is 10.0. The highest BCUT2D eigenvalue weighted by Gasteiger charge is 2.30. The van der Waals surface area contributed by atoms with Crippen LogP contribution < -0.4 is 14.8 Å². The Morgan fingerprint density at radius 3 is 2.45 bits per heavy atom. The average molecular weight is 449 g/mol. The highest BCUT2D eigenvalue weighted by atomic mass is 19.1. The van der Waals surface area contributed by atoms with E-state index < -0.39 is 0 Å². The van der Waals surface area contributed by atoms with Crippen molar-refractivity contribution in [1.82, 2.24) is 10.2 Å². The summed E-state index contributed by atoms with van der Waals surface area (Å²) in [5, 5.41) is 3.08. The fraction of sp³-hybridized carbons (Fsp3) is 0.296. The first-order valence-corrected chi connectivity index (χ1v) is 11.1. The molecule has 0 bridgehead atoms. The molecule has 1 atom stereocenters. The van der Waals surface area contributed by atoms with Gasteiger partial charge in [0.1, 0.15) is 5.82 Å². The number of ether oxygens (including phenoxy) is 2. The van der Waals surface area contributed by atoms with Gasteiger partial charge in [0, 0.05) is 30.8 Å². The van der Waals surface area contributed by atoms with Crippen LogP contribution in [-0.4, -0.2) is 38.1 Å². The first kappa shape index (κ1) is 22.8. The summed E-state index contributed by atoms with van der Waals surface area (Å²) in [5.41, 5.74) is 4.55. The van der Waals surface area contributed by atoms with Crippen LogP contribution in [0.15, 0.2) is 60.7 Å². The van der Waals surface area contributed by atoms with Crippen LogP contribution in [0, 0.1) is 12.7 Å². The number of fused-ring (bicyclic) bond motifs is 1. The van der Waals surface area contributed by atoms with Gasteiger partial charge < -0.3 is 14.8 Å². The molecule has 0 fully saturated rings. The van der Waals surface area contributed by atoms with E-state index in [1.54, 1.807) is 26.4 Å². The Hall–Kier alpha value is -3.38. The van der Waals surface area contributed by atoms with E-state index in [1.165, 1.54) is 6.07 Å². The zero-order valence-corrected chi connectivity index (χ0v) is 19.2. The Morgan fingerprint density at radius 2 is 1.76 bits per heavy atom. The summed E-state index contributed by atoms with van der Waals surface area (Å²) < 4.78 is 25.4. The van der Waals surface area contributed by atoms with Gasteiger partial charge in [0.15, 0.2) is 11.5 Å². The van der Waals surface area contributed by atoms with Crippen molar-refractivity contribution in [2.45, 2.75) is 25.9 Å². The van der Waals surface area contributed by atoms with Crippen molar-refractivity contribution in [3.8, 4) is 11.5 Å². The van der Waals surface area contributed by atoms with Gasteiger partial charge in [-0.1, -0.05) is 35.9 Å².